The first-order chi connectivity index (χ1) is 8.74. The highest BCUT2D eigenvalue weighted by atomic mass is 16.4. The van der Waals surface area contributed by atoms with E-state index in [9.17, 15) is 9.59 Å². The molecule has 0 saturated carbocycles. The van der Waals surface area contributed by atoms with Crippen molar-refractivity contribution in [3.05, 3.63) is 23.8 Å². The van der Waals surface area contributed by atoms with Crippen LogP contribution < -0.4 is 5.32 Å². The second kappa shape index (κ2) is 5.77. The Bertz CT molecular complexity index is 471. The lowest BCUT2D eigenvalue weighted by atomic mass is 9.85. The smallest absolute Gasteiger partial charge is 0.305 e. The Morgan fingerprint density at radius 1 is 1.37 bits per heavy atom. The molecule has 0 radical (unpaired) electrons. The van der Waals surface area contributed by atoms with Gasteiger partial charge >= 0.3 is 5.97 Å². The van der Waals surface area contributed by atoms with E-state index in [-0.39, 0.29) is 18.0 Å². The molecule has 6 heteroatoms. The van der Waals surface area contributed by atoms with Crippen molar-refractivity contribution >= 4 is 11.9 Å². The summed E-state index contributed by atoms with van der Waals surface area (Å²) in [7, 11) is 0. The maximum absolute atomic E-state index is 12.1. The van der Waals surface area contributed by atoms with Crippen LogP contribution in [0.1, 0.15) is 43.4 Å². The van der Waals surface area contributed by atoms with Gasteiger partial charge in [0.05, 0.1) is 23.9 Å². The van der Waals surface area contributed by atoms with Crippen LogP contribution in [0.4, 0.5) is 0 Å². The van der Waals surface area contributed by atoms with Crippen LogP contribution >= 0.6 is 0 Å². The number of carboxylic acid groups (broad SMARTS) is 1. The molecule has 19 heavy (non-hydrogen) atoms. The highest BCUT2D eigenvalue weighted by Gasteiger charge is 2.33. The Kier molecular flexibility index (Phi) is 4.58. The number of aromatic nitrogens is 2. The topological polar surface area (TPSA) is 92.2 Å². The molecule has 0 aromatic carbocycles. The monoisotopic (exact) mass is 265 g/mol. The highest BCUT2D eigenvalue weighted by molar-refractivity contribution is 5.92. The van der Waals surface area contributed by atoms with Gasteiger partial charge in [0.25, 0.3) is 5.91 Å². The number of aryl methyl sites for hydroxylation is 1. The number of aliphatic carboxylic acids is 1. The standard InChI is InChI=1S/C13H19N3O3/c1-8(2)13(4,5-11(17)18)16-12(19)10-7-14-9(3)6-15-10/h6-8H,5H2,1-4H3,(H,16,19)(H,17,18). The SMILES string of the molecule is Cc1cnc(C(=O)NC(C)(CC(=O)O)C(C)C)cn1. The van der Waals surface area contributed by atoms with Crippen molar-refractivity contribution in [2.24, 2.45) is 5.92 Å². The molecule has 0 saturated heterocycles. The van der Waals surface area contributed by atoms with Gasteiger partial charge in [-0.2, -0.15) is 0 Å². The molecule has 6 nitrogen and oxygen atoms in total. The van der Waals surface area contributed by atoms with E-state index in [1.807, 2.05) is 13.8 Å². The number of nitrogens with zero attached hydrogens (tertiary/aromatic N) is 2. The van der Waals surface area contributed by atoms with Gasteiger partial charge in [-0.1, -0.05) is 13.8 Å². The normalized spacial score (nSPS) is 13.9. The van der Waals surface area contributed by atoms with Gasteiger partial charge in [0.1, 0.15) is 5.69 Å². The molecule has 2 N–H and O–H groups in total. The van der Waals surface area contributed by atoms with Crippen LogP contribution in [0, 0.1) is 12.8 Å². The number of hydrogen-bond acceptors (Lipinski definition) is 4. The zero-order chi connectivity index (χ0) is 14.6. The van der Waals surface area contributed by atoms with Crippen LogP contribution in [0.2, 0.25) is 0 Å². The fourth-order valence-electron chi connectivity index (χ4n) is 1.54. The zero-order valence-corrected chi connectivity index (χ0v) is 11.6. The third-order valence-electron chi connectivity index (χ3n) is 3.21. The number of nitrogens with one attached hydrogen (secondary N) is 1. The lowest BCUT2D eigenvalue weighted by molar-refractivity contribution is -0.138. The number of rotatable bonds is 5. The van der Waals surface area contributed by atoms with Crippen molar-refractivity contribution in [1.29, 1.82) is 0 Å². The highest BCUT2D eigenvalue weighted by Crippen LogP contribution is 2.21. The van der Waals surface area contributed by atoms with E-state index >= 15 is 0 Å². The van der Waals surface area contributed by atoms with Crippen molar-refractivity contribution < 1.29 is 14.7 Å². The molecule has 0 aliphatic rings. The van der Waals surface area contributed by atoms with Crippen molar-refractivity contribution in [3.63, 3.8) is 0 Å². The molecule has 1 unspecified atom stereocenters. The lowest BCUT2D eigenvalue weighted by Crippen LogP contribution is -2.51. The molecule has 1 amide bonds. The molecule has 0 spiro atoms. The number of amides is 1. The molecule has 0 aliphatic heterocycles. The summed E-state index contributed by atoms with van der Waals surface area (Å²) in [5.41, 5.74) is 0.0757. The van der Waals surface area contributed by atoms with Gasteiger partial charge in [-0.05, 0) is 19.8 Å². The Labute approximate surface area is 112 Å². The van der Waals surface area contributed by atoms with Crippen molar-refractivity contribution in [2.75, 3.05) is 0 Å². The Morgan fingerprint density at radius 3 is 2.42 bits per heavy atom. The average Bonchev–Trinajstić information content (AvgIpc) is 2.28. The quantitative estimate of drug-likeness (QED) is 0.839. The predicted molar refractivity (Wildman–Crippen MR) is 69.7 cm³/mol. The van der Waals surface area contributed by atoms with Gasteiger partial charge in [-0.25, -0.2) is 4.98 Å². The van der Waals surface area contributed by atoms with Crippen LogP contribution in [-0.2, 0) is 4.79 Å². The molecule has 1 aromatic rings. The molecule has 1 rings (SSSR count). The van der Waals surface area contributed by atoms with Gasteiger partial charge in [-0.15, -0.1) is 0 Å². The van der Waals surface area contributed by atoms with Gasteiger partial charge in [0.15, 0.2) is 0 Å². The second-order valence-corrected chi connectivity index (χ2v) is 5.14. The molecule has 1 heterocycles. The summed E-state index contributed by atoms with van der Waals surface area (Å²) < 4.78 is 0. The number of hydrogen-bond donors (Lipinski definition) is 2. The number of carboxylic acids is 1. The summed E-state index contributed by atoms with van der Waals surface area (Å²) in [6.07, 6.45) is 2.74. The molecule has 0 fully saturated rings. The third-order valence-corrected chi connectivity index (χ3v) is 3.21. The van der Waals surface area contributed by atoms with Crippen LogP contribution in [0.3, 0.4) is 0 Å². The van der Waals surface area contributed by atoms with Crippen LogP contribution in [0.5, 0.6) is 0 Å². The first-order valence-electron chi connectivity index (χ1n) is 6.07. The van der Waals surface area contributed by atoms with Crippen LogP contribution in [-0.4, -0.2) is 32.5 Å². The largest absolute Gasteiger partial charge is 0.481 e. The minimum atomic E-state index is -0.952. The van der Waals surface area contributed by atoms with Crippen LogP contribution in [0.25, 0.3) is 0 Å². The third kappa shape index (κ3) is 4.01. The number of carbonyl (C=O) groups is 2. The van der Waals surface area contributed by atoms with Gasteiger partial charge < -0.3 is 10.4 Å². The first kappa shape index (κ1) is 15.1. The van der Waals surface area contributed by atoms with E-state index in [1.165, 1.54) is 12.4 Å². The van der Waals surface area contributed by atoms with Gasteiger partial charge in [-0.3, -0.25) is 14.6 Å². The maximum atomic E-state index is 12.1. The fraction of sp³-hybridized carbons (Fsp3) is 0.538. The Balaban J connectivity index is 2.88. The Morgan fingerprint density at radius 2 is 2.00 bits per heavy atom. The molecule has 1 atom stereocenters. The first-order valence-corrected chi connectivity index (χ1v) is 6.07. The van der Waals surface area contributed by atoms with E-state index in [2.05, 4.69) is 15.3 Å². The summed E-state index contributed by atoms with van der Waals surface area (Å²) in [5, 5.41) is 11.7. The van der Waals surface area contributed by atoms with E-state index in [1.54, 1.807) is 13.8 Å². The predicted octanol–water partition coefficient (Wildman–Crippen LogP) is 1.40. The van der Waals surface area contributed by atoms with E-state index < -0.39 is 17.4 Å². The molecular formula is C13H19N3O3. The molecule has 0 bridgehead atoms. The minimum Gasteiger partial charge on any atom is -0.481 e. The lowest BCUT2D eigenvalue weighted by Gasteiger charge is -2.33. The van der Waals surface area contributed by atoms with E-state index in [0.717, 1.165) is 0 Å². The van der Waals surface area contributed by atoms with Crippen molar-refractivity contribution in [3.8, 4) is 0 Å². The summed E-state index contributed by atoms with van der Waals surface area (Å²) >= 11 is 0. The van der Waals surface area contributed by atoms with Crippen LogP contribution in [0.15, 0.2) is 12.4 Å². The van der Waals surface area contributed by atoms with Gasteiger partial charge in [0.2, 0.25) is 0 Å². The van der Waals surface area contributed by atoms with E-state index in [4.69, 9.17) is 5.11 Å². The molecular weight excluding hydrogens is 246 g/mol. The van der Waals surface area contributed by atoms with Gasteiger partial charge in [0, 0.05) is 6.20 Å². The minimum absolute atomic E-state index is 0.0223. The summed E-state index contributed by atoms with van der Waals surface area (Å²) in [5.74, 6) is -1.39. The number of carbonyl (C=O) groups excluding carboxylic acids is 1. The molecule has 1 aromatic heterocycles. The zero-order valence-electron chi connectivity index (χ0n) is 11.6. The fourth-order valence-corrected chi connectivity index (χ4v) is 1.54. The van der Waals surface area contributed by atoms with Crippen molar-refractivity contribution in [1.82, 2.24) is 15.3 Å². The molecule has 0 aliphatic carbocycles. The molecule has 104 valence electrons. The Hall–Kier alpha value is -1.98. The maximum Gasteiger partial charge on any atom is 0.305 e. The van der Waals surface area contributed by atoms with E-state index in [0.29, 0.717) is 5.69 Å². The summed E-state index contributed by atoms with van der Waals surface area (Å²) in [6, 6.07) is 0. The second-order valence-electron chi connectivity index (χ2n) is 5.14. The summed E-state index contributed by atoms with van der Waals surface area (Å²) in [6.45, 7) is 7.22. The summed E-state index contributed by atoms with van der Waals surface area (Å²) in [4.78, 5) is 30.9. The average molecular weight is 265 g/mol. The van der Waals surface area contributed by atoms with Crippen molar-refractivity contribution in [2.45, 2.75) is 39.7 Å².